The van der Waals surface area contributed by atoms with Gasteiger partial charge in [-0.1, -0.05) is 19.9 Å². The molecule has 1 heteroatoms. The van der Waals surface area contributed by atoms with Crippen molar-refractivity contribution in [2.45, 2.75) is 32.8 Å². The average Bonchev–Trinajstić information content (AvgIpc) is 1.87. The molecule has 9 heavy (non-hydrogen) atoms. The third-order valence-corrected chi connectivity index (χ3v) is 1.52. The maximum absolute atomic E-state index is 9.11. The van der Waals surface area contributed by atoms with Gasteiger partial charge in [0.05, 0.1) is 6.10 Å². The Hall–Kier alpha value is -0.300. The van der Waals surface area contributed by atoms with Gasteiger partial charge < -0.3 is 5.11 Å². The molecule has 0 aromatic heterocycles. The van der Waals surface area contributed by atoms with Crippen LogP contribution in [0.4, 0.5) is 0 Å². The average molecular weight is 128 g/mol. The lowest BCUT2D eigenvalue weighted by atomic mass is 10.0. The van der Waals surface area contributed by atoms with E-state index in [-0.39, 0.29) is 6.10 Å². The van der Waals surface area contributed by atoms with Crippen LogP contribution in [0.3, 0.4) is 0 Å². The lowest BCUT2D eigenvalue weighted by molar-refractivity contribution is 0.149. The Morgan fingerprint density at radius 3 is 2.56 bits per heavy atom. The minimum Gasteiger partial charge on any atom is -0.393 e. The van der Waals surface area contributed by atoms with Crippen molar-refractivity contribution in [3.8, 4) is 0 Å². The predicted molar refractivity (Wildman–Crippen MR) is 40.3 cm³/mol. The first-order chi connectivity index (χ1) is 4.20. The van der Waals surface area contributed by atoms with Crippen LogP contribution in [0.2, 0.25) is 0 Å². The van der Waals surface area contributed by atoms with Gasteiger partial charge in [-0.3, -0.25) is 0 Å². The van der Waals surface area contributed by atoms with E-state index in [0.717, 1.165) is 12.8 Å². The molecule has 0 aromatic carbocycles. The molecule has 0 radical (unpaired) electrons. The third-order valence-electron chi connectivity index (χ3n) is 1.52. The lowest BCUT2D eigenvalue weighted by Gasteiger charge is -2.09. The van der Waals surface area contributed by atoms with E-state index >= 15 is 0 Å². The molecule has 1 nitrogen and oxygen atoms in total. The summed E-state index contributed by atoms with van der Waals surface area (Å²) in [4.78, 5) is 0. The summed E-state index contributed by atoms with van der Waals surface area (Å²) in [6.07, 6.45) is 3.43. The number of hydrogen-bond donors (Lipinski definition) is 1. The highest BCUT2D eigenvalue weighted by molar-refractivity contribution is 4.76. The van der Waals surface area contributed by atoms with Crippen LogP contribution in [0, 0.1) is 5.92 Å². The second-order valence-corrected chi connectivity index (χ2v) is 2.51. The van der Waals surface area contributed by atoms with E-state index in [0.29, 0.717) is 5.92 Å². The molecule has 0 rings (SSSR count). The molecule has 0 saturated carbocycles. The number of aliphatic hydroxyl groups excluding tert-OH is 1. The number of rotatable bonds is 4. The summed E-state index contributed by atoms with van der Waals surface area (Å²) >= 11 is 0. The molecule has 1 N–H and O–H groups in total. The molecule has 0 aliphatic carbocycles. The molecular formula is C8H16O. The van der Waals surface area contributed by atoms with Gasteiger partial charge in [-0.25, -0.2) is 0 Å². The zero-order valence-corrected chi connectivity index (χ0v) is 6.30. The van der Waals surface area contributed by atoms with E-state index < -0.39 is 0 Å². The molecule has 54 valence electrons. The largest absolute Gasteiger partial charge is 0.393 e. The van der Waals surface area contributed by atoms with Crippen molar-refractivity contribution in [3.63, 3.8) is 0 Å². The molecule has 0 amide bonds. The maximum Gasteiger partial charge on any atom is 0.0543 e. The first-order valence-electron chi connectivity index (χ1n) is 3.51. The number of allylic oxidation sites excluding steroid dienone is 1. The molecular weight excluding hydrogens is 112 g/mol. The van der Waals surface area contributed by atoms with Gasteiger partial charge in [-0.15, -0.1) is 6.58 Å². The zero-order chi connectivity index (χ0) is 7.28. The second kappa shape index (κ2) is 4.57. The Morgan fingerprint density at radius 2 is 2.22 bits per heavy atom. The summed E-state index contributed by atoms with van der Waals surface area (Å²) in [5.74, 6) is 0.444. The monoisotopic (exact) mass is 128 g/mol. The number of aliphatic hydroxyl groups is 1. The zero-order valence-electron chi connectivity index (χ0n) is 6.30. The van der Waals surface area contributed by atoms with Crippen LogP contribution in [0.15, 0.2) is 12.7 Å². The van der Waals surface area contributed by atoms with Crippen LogP contribution in [-0.2, 0) is 0 Å². The fourth-order valence-electron chi connectivity index (χ4n) is 0.692. The fourth-order valence-corrected chi connectivity index (χ4v) is 0.692. The maximum atomic E-state index is 9.11. The fraction of sp³-hybridized carbons (Fsp3) is 0.750. The van der Waals surface area contributed by atoms with Gasteiger partial charge in [-0.2, -0.15) is 0 Å². The van der Waals surface area contributed by atoms with E-state index in [2.05, 4.69) is 13.5 Å². The van der Waals surface area contributed by atoms with Crippen molar-refractivity contribution in [2.24, 2.45) is 5.92 Å². The molecule has 0 fully saturated rings. The van der Waals surface area contributed by atoms with Crippen molar-refractivity contribution in [1.82, 2.24) is 0 Å². The highest BCUT2D eigenvalue weighted by Crippen LogP contribution is 2.08. The molecule has 2 atom stereocenters. The molecule has 0 aliphatic rings. The Bertz CT molecular complexity index is 78.6. The van der Waals surface area contributed by atoms with Crippen molar-refractivity contribution in [3.05, 3.63) is 12.7 Å². The van der Waals surface area contributed by atoms with Crippen LogP contribution in [0.5, 0.6) is 0 Å². The third kappa shape index (κ3) is 4.22. The van der Waals surface area contributed by atoms with E-state index in [9.17, 15) is 0 Å². The smallest absolute Gasteiger partial charge is 0.0543 e. The number of hydrogen-bond acceptors (Lipinski definition) is 1. The van der Waals surface area contributed by atoms with Gasteiger partial charge in [0.15, 0.2) is 0 Å². The summed E-state index contributed by atoms with van der Waals surface area (Å²) in [6.45, 7) is 7.68. The molecule has 0 unspecified atom stereocenters. The van der Waals surface area contributed by atoms with Crippen molar-refractivity contribution < 1.29 is 5.11 Å². The predicted octanol–water partition coefficient (Wildman–Crippen LogP) is 1.97. The summed E-state index contributed by atoms with van der Waals surface area (Å²) in [6, 6.07) is 0. The quantitative estimate of drug-likeness (QED) is 0.574. The van der Waals surface area contributed by atoms with E-state index in [1.54, 1.807) is 0 Å². The van der Waals surface area contributed by atoms with Gasteiger partial charge >= 0.3 is 0 Å². The summed E-state index contributed by atoms with van der Waals surface area (Å²) < 4.78 is 0. The SMILES string of the molecule is C=C[C@H](C)C[C@@H](O)CC. The molecule has 0 spiro atoms. The highest BCUT2D eigenvalue weighted by Gasteiger charge is 2.03. The first-order valence-corrected chi connectivity index (χ1v) is 3.51. The normalized spacial score (nSPS) is 16.8. The standard InChI is InChI=1S/C8H16O/c1-4-7(3)6-8(9)5-2/h4,7-9H,1,5-6H2,2-3H3/t7-,8-/m0/s1. The van der Waals surface area contributed by atoms with Gasteiger partial charge in [0.1, 0.15) is 0 Å². The molecule has 0 bridgehead atoms. The van der Waals surface area contributed by atoms with Gasteiger partial charge in [0.25, 0.3) is 0 Å². The minimum atomic E-state index is -0.141. The van der Waals surface area contributed by atoms with Gasteiger partial charge in [0, 0.05) is 0 Å². The van der Waals surface area contributed by atoms with Crippen LogP contribution < -0.4 is 0 Å². The van der Waals surface area contributed by atoms with Crippen molar-refractivity contribution in [2.75, 3.05) is 0 Å². The minimum absolute atomic E-state index is 0.141. The molecule has 0 heterocycles. The van der Waals surface area contributed by atoms with Crippen molar-refractivity contribution >= 4 is 0 Å². The van der Waals surface area contributed by atoms with Gasteiger partial charge in [0.2, 0.25) is 0 Å². The van der Waals surface area contributed by atoms with Crippen LogP contribution in [0.1, 0.15) is 26.7 Å². The summed E-state index contributed by atoms with van der Waals surface area (Å²) in [5.41, 5.74) is 0. The van der Waals surface area contributed by atoms with E-state index in [1.807, 2.05) is 13.0 Å². The molecule has 0 saturated heterocycles. The Labute approximate surface area is 57.4 Å². The van der Waals surface area contributed by atoms with Gasteiger partial charge in [-0.05, 0) is 18.8 Å². The lowest BCUT2D eigenvalue weighted by Crippen LogP contribution is -2.08. The Balaban J connectivity index is 3.33. The first kappa shape index (κ1) is 8.70. The highest BCUT2D eigenvalue weighted by atomic mass is 16.3. The Morgan fingerprint density at radius 1 is 1.67 bits per heavy atom. The van der Waals surface area contributed by atoms with Crippen LogP contribution in [0.25, 0.3) is 0 Å². The summed E-state index contributed by atoms with van der Waals surface area (Å²) in [5, 5.41) is 9.11. The molecule has 0 aliphatic heterocycles. The second-order valence-electron chi connectivity index (χ2n) is 2.51. The van der Waals surface area contributed by atoms with E-state index in [1.165, 1.54) is 0 Å². The topological polar surface area (TPSA) is 20.2 Å². The van der Waals surface area contributed by atoms with Crippen molar-refractivity contribution in [1.29, 1.82) is 0 Å². The van der Waals surface area contributed by atoms with Crippen LogP contribution in [-0.4, -0.2) is 11.2 Å². The molecule has 0 aromatic rings. The Kier molecular flexibility index (Phi) is 4.41. The van der Waals surface area contributed by atoms with Crippen LogP contribution >= 0.6 is 0 Å². The van der Waals surface area contributed by atoms with E-state index in [4.69, 9.17) is 5.11 Å². The summed E-state index contributed by atoms with van der Waals surface area (Å²) in [7, 11) is 0.